The smallest absolute Gasteiger partial charge is 0.243 e. The first-order chi connectivity index (χ1) is 14.4. The van der Waals surface area contributed by atoms with Gasteiger partial charge in [0.15, 0.2) is 16.9 Å². The number of nitrogens with one attached hydrogen (secondary N) is 2. The summed E-state index contributed by atoms with van der Waals surface area (Å²) >= 11 is 3.99. The van der Waals surface area contributed by atoms with Crippen LogP contribution in [0.5, 0.6) is 5.75 Å². The van der Waals surface area contributed by atoms with E-state index in [1.165, 1.54) is 12.1 Å². The molecule has 0 spiro atoms. The van der Waals surface area contributed by atoms with Gasteiger partial charge in [0, 0.05) is 8.75 Å². The Bertz CT molecular complexity index is 1190. The van der Waals surface area contributed by atoms with Crippen LogP contribution in [0.15, 0.2) is 47.4 Å². The number of benzene rings is 2. The molecule has 12 heteroatoms. The Balaban J connectivity index is 2.00. The van der Waals surface area contributed by atoms with Gasteiger partial charge in [0.05, 0.1) is 16.8 Å². The molecule has 9 nitrogen and oxygen atoms in total. The quantitative estimate of drug-likeness (QED) is 0.301. The average molecular weight is 484 g/mol. The number of sulfonamides is 1. The predicted molar refractivity (Wildman–Crippen MR) is 121 cm³/mol. The molecule has 2 atom stereocenters. The third-order valence-electron chi connectivity index (χ3n) is 4.46. The summed E-state index contributed by atoms with van der Waals surface area (Å²) in [4.78, 5) is -0.623. The van der Waals surface area contributed by atoms with Crippen molar-refractivity contribution >= 4 is 50.1 Å². The van der Waals surface area contributed by atoms with Gasteiger partial charge in [0.1, 0.15) is 4.90 Å². The van der Waals surface area contributed by atoms with Crippen molar-refractivity contribution in [3.05, 3.63) is 53.1 Å². The molecule has 0 aliphatic rings. The second kappa shape index (κ2) is 8.60. The van der Waals surface area contributed by atoms with Crippen LogP contribution in [0.25, 0.3) is 0 Å². The standard InChI is InChI=1S/C19H22ClN5O4S2/c1-19(2,3)16(11-7-5-4-6-8-11)23-18-17(24-30(27)25-18)22-13-10-9-12(20)15(14(13)26)31(21,28)29/h4-10,16,26H,1-3H3,(H,22,24)(H,23,25)(H2,21,28,29)/t16-,30?/m0/s1. The fourth-order valence-electron chi connectivity index (χ4n) is 3.07. The van der Waals surface area contributed by atoms with Crippen LogP contribution in [0.3, 0.4) is 0 Å². The number of nitrogens with zero attached hydrogens (tertiary/aromatic N) is 2. The van der Waals surface area contributed by atoms with E-state index in [4.69, 9.17) is 16.7 Å². The fraction of sp³-hybridized carbons (Fsp3) is 0.263. The molecule has 0 radical (unpaired) electrons. The number of halogens is 1. The van der Waals surface area contributed by atoms with E-state index in [1.54, 1.807) is 0 Å². The number of primary sulfonamides is 1. The summed E-state index contributed by atoms with van der Waals surface area (Å²) in [5.74, 6) is -0.403. The number of aromatic hydroxyl groups is 1. The Morgan fingerprint density at radius 1 is 1.13 bits per heavy atom. The molecule has 31 heavy (non-hydrogen) atoms. The summed E-state index contributed by atoms with van der Waals surface area (Å²) in [5, 5.41) is 21.4. The van der Waals surface area contributed by atoms with Crippen molar-refractivity contribution in [3.63, 3.8) is 0 Å². The van der Waals surface area contributed by atoms with Crippen molar-refractivity contribution < 1.29 is 18.1 Å². The number of phenolic OH excluding ortho intramolecular Hbond substituents is 1. The second-order valence-corrected chi connectivity index (χ2v) is 10.6. The van der Waals surface area contributed by atoms with E-state index >= 15 is 0 Å². The van der Waals surface area contributed by atoms with Crippen LogP contribution in [0.1, 0.15) is 32.4 Å². The molecule has 0 fully saturated rings. The maximum atomic E-state index is 12.0. The maximum Gasteiger partial charge on any atom is 0.243 e. The summed E-state index contributed by atoms with van der Waals surface area (Å²) in [6.07, 6.45) is 0. The fourth-order valence-corrected chi connectivity index (χ4v) is 4.89. The van der Waals surface area contributed by atoms with Gasteiger partial charge >= 0.3 is 0 Å². The van der Waals surface area contributed by atoms with E-state index in [0.29, 0.717) is 0 Å². The molecule has 1 aromatic heterocycles. The van der Waals surface area contributed by atoms with Gasteiger partial charge in [-0.25, -0.2) is 13.6 Å². The zero-order valence-electron chi connectivity index (χ0n) is 17.0. The lowest BCUT2D eigenvalue weighted by Gasteiger charge is -2.31. The molecule has 1 unspecified atom stereocenters. The van der Waals surface area contributed by atoms with E-state index in [9.17, 15) is 18.1 Å². The van der Waals surface area contributed by atoms with Crippen LogP contribution in [0.4, 0.5) is 17.3 Å². The number of phenols is 1. The molecule has 0 saturated heterocycles. The lowest BCUT2D eigenvalue weighted by molar-refractivity contribution is 0.347. The molecule has 3 aromatic rings. The van der Waals surface area contributed by atoms with Crippen LogP contribution >= 0.6 is 22.7 Å². The molecule has 166 valence electrons. The summed E-state index contributed by atoms with van der Waals surface area (Å²) in [5.41, 5.74) is 0.704. The van der Waals surface area contributed by atoms with Crippen molar-refractivity contribution in [3.8, 4) is 5.75 Å². The molecule has 0 amide bonds. The highest BCUT2D eigenvalue weighted by molar-refractivity contribution is 7.89. The van der Waals surface area contributed by atoms with Crippen LogP contribution in [0.2, 0.25) is 5.02 Å². The maximum absolute atomic E-state index is 12.0. The minimum Gasteiger partial charge on any atom is -0.546 e. The summed E-state index contributed by atoms with van der Waals surface area (Å²) < 4.78 is 43.6. The summed E-state index contributed by atoms with van der Waals surface area (Å²) in [6.45, 7) is 6.12. The predicted octanol–water partition coefficient (Wildman–Crippen LogP) is 4.15. The van der Waals surface area contributed by atoms with Crippen molar-refractivity contribution in [2.24, 2.45) is 10.6 Å². The zero-order valence-corrected chi connectivity index (χ0v) is 19.3. The van der Waals surface area contributed by atoms with Crippen molar-refractivity contribution in [2.75, 3.05) is 10.6 Å². The van der Waals surface area contributed by atoms with Gasteiger partial charge in [-0.15, -0.1) is 0 Å². The van der Waals surface area contributed by atoms with E-state index in [0.717, 1.165) is 5.56 Å². The van der Waals surface area contributed by atoms with Crippen LogP contribution in [-0.4, -0.2) is 26.8 Å². The van der Waals surface area contributed by atoms with Gasteiger partial charge < -0.3 is 20.3 Å². The van der Waals surface area contributed by atoms with Gasteiger partial charge in [0.2, 0.25) is 21.7 Å². The number of hydrogen-bond donors (Lipinski definition) is 4. The number of hydrogen-bond acceptors (Lipinski definition) is 8. The van der Waals surface area contributed by atoms with Gasteiger partial charge in [-0.3, -0.25) is 0 Å². The van der Waals surface area contributed by atoms with Gasteiger partial charge in [-0.05, 0) is 23.1 Å². The lowest BCUT2D eigenvalue weighted by Crippen LogP contribution is -2.26. The molecular weight excluding hydrogens is 462 g/mol. The second-order valence-electron chi connectivity index (χ2n) is 7.91. The first-order valence-electron chi connectivity index (χ1n) is 9.10. The highest BCUT2D eigenvalue weighted by Crippen LogP contribution is 2.41. The number of rotatable bonds is 6. The Kier molecular flexibility index (Phi) is 6.44. The Hall–Kier alpha value is -2.44. The van der Waals surface area contributed by atoms with E-state index in [2.05, 4.69) is 19.4 Å². The van der Waals surface area contributed by atoms with E-state index in [-0.39, 0.29) is 33.8 Å². The number of anilines is 3. The lowest BCUT2D eigenvalue weighted by atomic mass is 9.82. The van der Waals surface area contributed by atoms with Crippen LogP contribution < -0.4 is 15.8 Å². The highest BCUT2D eigenvalue weighted by atomic mass is 35.5. The molecule has 3 rings (SSSR count). The third-order valence-corrected chi connectivity index (χ3v) is 6.55. The molecule has 5 N–H and O–H groups in total. The van der Waals surface area contributed by atoms with Crippen LogP contribution in [0, 0.1) is 5.41 Å². The number of nitrogens with two attached hydrogens (primary N) is 1. The largest absolute Gasteiger partial charge is 0.546 e. The topological polar surface area (TPSA) is 153 Å². The molecule has 0 aliphatic heterocycles. The van der Waals surface area contributed by atoms with Gasteiger partial charge in [-0.2, -0.15) is 0 Å². The molecule has 1 heterocycles. The molecule has 0 bridgehead atoms. The van der Waals surface area contributed by atoms with Gasteiger partial charge in [0.25, 0.3) is 0 Å². The summed E-state index contributed by atoms with van der Waals surface area (Å²) in [6, 6.07) is 12.1. The normalized spacial score (nSPS) is 13.7. The van der Waals surface area contributed by atoms with Crippen molar-refractivity contribution in [1.82, 2.24) is 8.75 Å². The Morgan fingerprint density at radius 3 is 2.32 bits per heavy atom. The Labute approximate surface area is 188 Å². The SMILES string of the molecule is CC(C)(C)[C@@H](Nc1n[s+]([O-])nc1Nc1ccc(Cl)c(S(N)(=O)=O)c1O)c1ccccc1. The Morgan fingerprint density at radius 2 is 1.74 bits per heavy atom. The highest BCUT2D eigenvalue weighted by Gasteiger charge is 2.30. The summed E-state index contributed by atoms with van der Waals surface area (Å²) in [7, 11) is -4.29. The molecule has 2 aromatic carbocycles. The average Bonchev–Trinajstić information content (AvgIpc) is 3.00. The first kappa shape index (κ1) is 23.2. The van der Waals surface area contributed by atoms with E-state index in [1.807, 2.05) is 51.1 Å². The monoisotopic (exact) mass is 483 g/mol. The third kappa shape index (κ3) is 5.25. The van der Waals surface area contributed by atoms with Crippen LogP contribution in [-0.2, 0) is 10.0 Å². The van der Waals surface area contributed by atoms with E-state index < -0.39 is 31.8 Å². The molecule has 0 saturated carbocycles. The molecular formula is C19H22ClN5O4S2. The minimum atomic E-state index is -4.29. The van der Waals surface area contributed by atoms with Crippen molar-refractivity contribution in [2.45, 2.75) is 31.7 Å². The first-order valence-corrected chi connectivity index (χ1v) is 12.1. The molecule has 0 aliphatic carbocycles. The van der Waals surface area contributed by atoms with Gasteiger partial charge in [-0.1, -0.05) is 62.7 Å². The minimum absolute atomic E-state index is 0.0346. The van der Waals surface area contributed by atoms with Crippen molar-refractivity contribution in [1.29, 1.82) is 0 Å². The zero-order chi connectivity index (χ0) is 23.0. The number of aromatic nitrogens is 2.